The Morgan fingerprint density at radius 3 is 2.58 bits per heavy atom. The van der Waals surface area contributed by atoms with Gasteiger partial charge in [-0.05, 0) is 0 Å². The Bertz CT molecular complexity index is 417. The van der Waals surface area contributed by atoms with E-state index in [0.29, 0.717) is 0 Å². The van der Waals surface area contributed by atoms with E-state index in [0.717, 1.165) is 0 Å². The number of halogens is 4. The predicted octanol–water partition coefficient (Wildman–Crippen LogP) is 1.59. The lowest BCUT2D eigenvalue weighted by molar-refractivity contribution is -0.144. The van der Waals surface area contributed by atoms with Gasteiger partial charge in [-0.1, -0.05) is 11.6 Å². The van der Waals surface area contributed by atoms with Crippen LogP contribution in [-0.2, 0) is 10.9 Å². The summed E-state index contributed by atoms with van der Waals surface area (Å²) in [7, 11) is 1.46. The van der Waals surface area contributed by atoms with Gasteiger partial charge in [-0.15, -0.1) is 0 Å². The molecule has 0 aromatic carbocycles. The molecular formula is C10H13ClF3N3O2. The second-order valence-corrected chi connectivity index (χ2v) is 3.96. The van der Waals surface area contributed by atoms with Crippen LogP contribution in [0.25, 0.3) is 0 Å². The molecule has 9 heteroatoms. The molecule has 0 aliphatic rings. The van der Waals surface area contributed by atoms with E-state index < -0.39 is 12.0 Å². The van der Waals surface area contributed by atoms with E-state index in [1.54, 1.807) is 0 Å². The quantitative estimate of drug-likeness (QED) is 0.809. The van der Waals surface area contributed by atoms with Gasteiger partial charge in [-0.25, -0.2) is 9.97 Å². The van der Waals surface area contributed by atoms with Gasteiger partial charge in [-0.2, -0.15) is 13.2 Å². The molecule has 0 bridgehead atoms. The molecule has 1 rings (SSSR count). The molecule has 0 aliphatic carbocycles. The molecule has 5 nitrogen and oxygen atoms in total. The number of aliphatic hydroxyl groups excluding tert-OH is 1. The first kappa shape index (κ1) is 15.9. The van der Waals surface area contributed by atoms with Crippen LogP contribution >= 0.6 is 11.6 Å². The molecule has 0 amide bonds. The molecule has 0 unspecified atom stereocenters. The zero-order valence-electron chi connectivity index (χ0n) is 10.1. The van der Waals surface area contributed by atoms with Gasteiger partial charge in [0.05, 0.1) is 13.2 Å². The highest BCUT2D eigenvalue weighted by molar-refractivity contribution is 6.29. The summed E-state index contributed by atoms with van der Waals surface area (Å²) in [5.74, 6) is -1.31. The Hall–Kier alpha value is -1.12. The molecule has 0 fully saturated rings. The minimum absolute atomic E-state index is 0.00146. The van der Waals surface area contributed by atoms with Crippen LogP contribution in [0.4, 0.5) is 19.0 Å². The van der Waals surface area contributed by atoms with Gasteiger partial charge in [0.25, 0.3) is 0 Å². The highest BCUT2D eigenvalue weighted by Crippen LogP contribution is 2.29. The lowest BCUT2D eigenvalue weighted by Crippen LogP contribution is -2.31. The lowest BCUT2D eigenvalue weighted by atomic mass is 10.4. The summed E-state index contributed by atoms with van der Waals surface area (Å²) < 4.78 is 42.6. The minimum Gasteiger partial charge on any atom is -0.395 e. The molecule has 1 N–H and O–H groups in total. The summed E-state index contributed by atoms with van der Waals surface area (Å²) in [6.07, 6.45) is -4.67. The maximum Gasteiger partial charge on any atom is 0.451 e. The minimum atomic E-state index is -4.67. The maximum atomic E-state index is 12.6. The van der Waals surface area contributed by atoms with Gasteiger partial charge in [0, 0.05) is 26.3 Å². The van der Waals surface area contributed by atoms with Crippen LogP contribution in [0.1, 0.15) is 5.82 Å². The van der Waals surface area contributed by atoms with Gasteiger partial charge in [0.15, 0.2) is 0 Å². The van der Waals surface area contributed by atoms with E-state index in [-0.39, 0.29) is 37.3 Å². The third kappa shape index (κ3) is 4.81. The van der Waals surface area contributed by atoms with Crippen molar-refractivity contribution < 1.29 is 23.0 Å². The third-order valence-corrected chi connectivity index (χ3v) is 2.39. The molecule has 108 valence electrons. The Morgan fingerprint density at radius 2 is 2.05 bits per heavy atom. The average Bonchev–Trinajstić information content (AvgIpc) is 2.32. The number of rotatable bonds is 6. The van der Waals surface area contributed by atoms with E-state index >= 15 is 0 Å². The first-order valence-electron chi connectivity index (χ1n) is 5.35. The number of hydrogen-bond donors (Lipinski definition) is 1. The normalized spacial score (nSPS) is 11.7. The molecule has 1 aromatic rings. The fraction of sp³-hybridized carbons (Fsp3) is 0.600. The van der Waals surface area contributed by atoms with Crippen LogP contribution in [0.2, 0.25) is 5.15 Å². The van der Waals surface area contributed by atoms with Crippen LogP contribution in [0, 0.1) is 0 Å². The number of hydrogen-bond acceptors (Lipinski definition) is 5. The Balaban J connectivity index is 3.05. The molecule has 0 spiro atoms. The number of aliphatic hydroxyl groups is 1. The maximum absolute atomic E-state index is 12.6. The van der Waals surface area contributed by atoms with E-state index in [1.165, 1.54) is 18.1 Å². The molecule has 19 heavy (non-hydrogen) atoms. The number of ether oxygens (including phenoxy) is 1. The first-order valence-corrected chi connectivity index (χ1v) is 5.72. The summed E-state index contributed by atoms with van der Waals surface area (Å²) >= 11 is 5.56. The molecule has 0 aliphatic heterocycles. The van der Waals surface area contributed by atoms with Crippen molar-refractivity contribution in [3.63, 3.8) is 0 Å². The first-order chi connectivity index (χ1) is 8.88. The number of anilines is 1. The monoisotopic (exact) mass is 299 g/mol. The Labute approximate surface area is 113 Å². The largest absolute Gasteiger partial charge is 0.451 e. The summed E-state index contributed by atoms with van der Waals surface area (Å²) in [5, 5.41) is 8.61. The predicted molar refractivity (Wildman–Crippen MR) is 63.2 cm³/mol. The SMILES string of the molecule is COCCN(CCO)c1cc(Cl)nc(C(F)(F)F)n1. The molecule has 0 saturated heterocycles. The van der Waals surface area contributed by atoms with Crippen LogP contribution in [0.5, 0.6) is 0 Å². The van der Waals surface area contributed by atoms with E-state index in [1.807, 2.05) is 0 Å². The second-order valence-electron chi connectivity index (χ2n) is 3.57. The number of nitrogens with zero attached hydrogens (tertiary/aromatic N) is 3. The number of aromatic nitrogens is 2. The van der Waals surface area contributed by atoms with Crippen molar-refractivity contribution in [2.75, 3.05) is 38.3 Å². The van der Waals surface area contributed by atoms with Crippen molar-refractivity contribution in [1.29, 1.82) is 0 Å². The third-order valence-electron chi connectivity index (χ3n) is 2.19. The number of methoxy groups -OCH3 is 1. The lowest BCUT2D eigenvalue weighted by Gasteiger charge is -2.23. The van der Waals surface area contributed by atoms with E-state index in [2.05, 4.69) is 9.97 Å². The van der Waals surface area contributed by atoms with Crippen molar-refractivity contribution in [3.8, 4) is 0 Å². The molecular weight excluding hydrogens is 287 g/mol. The standard InChI is InChI=1S/C10H13ClF3N3O2/c1-19-5-3-17(2-4-18)8-6-7(11)15-9(16-8)10(12,13)14/h6,18H,2-5H2,1H3. The highest BCUT2D eigenvalue weighted by atomic mass is 35.5. The smallest absolute Gasteiger partial charge is 0.395 e. The van der Waals surface area contributed by atoms with Gasteiger partial charge in [-0.3, -0.25) is 0 Å². The van der Waals surface area contributed by atoms with Gasteiger partial charge in [0.1, 0.15) is 11.0 Å². The van der Waals surface area contributed by atoms with Crippen molar-refractivity contribution in [1.82, 2.24) is 9.97 Å². The summed E-state index contributed by atoms with van der Waals surface area (Å²) in [5.41, 5.74) is 0. The molecule has 1 heterocycles. The van der Waals surface area contributed by atoms with Crippen molar-refractivity contribution in [2.24, 2.45) is 0 Å². The van der Waals surface area contributed by atoms with Gasteiger partial charge in [0.2, 0.25) is 5.82 Å². The van der Waals surface area contributed by atoms with E-state index in [4.69, 9.17) is 21.4 Å². The van der Waals surface area contributed by atoms with E-state index in [9.17, 15) is 13.2 Å². The van der Waals surface area contributed by atoms with Gasteiger partial charge < -0.3 is 14.7 Å². The summed E-state index contributed by atoms with van der Waals surface area (Å²) in [4.78, 5) is 7.99. The average molecular weight is 300 g/mol. The van der Waals surface area contributed by atoms with Crippen LogP contribution in [0.3, 0.4) is 0 Å². The van der Waals surface area contributed by atoms with Crippen LogP contribution in [0.15, 0.2) is 6.07 Å². The molecule has 0 atom stereocenters. The molecule has 0 saturated carbocycles. The highest BCUT2D eigenvalue weighted by Gasteiger charge is 2.35. The zero-order valence-corrected chi connectivity index (χ0v) is 10.9. The Kier molecular flexibility index (Phi) is 5.77. The summed E-state index contributed by atoms with van der Waals surface area (Å²) in [6, 6.07) is 1.21. The summed E-state index contributed by atoms with van der Waals surface area (Å²) in [6.45, 7) is 0.450. The van der Waals surface area contributed by atoms with Crippen molar-refractivity contribution in [3.05, 3.63) is 17.0 Å². The van der Waals surface area contributed by atoms with Gasteiger partial charge >= 0.3 is 6.18 Å². The van der Waals surface area contributed by atoms with Crippen molar-refractivity contribution in [2.45, 2.75) is 6.18 Å². The fourth-order valence-electron chi connectivity index (χ4n) is 1.36. The topological polar surface area (TPSA) is 58.5 Å². The van der Waals surface area contributed by atoms with Crippen LogP contribution in [-0.4, -0.2) is 48.5 Å². The Morgan fingerprint density at radius 1 is 1.37 bits per heavy atom. The fourth-order valence-corrected chi connectivity index (χ4v) is 1.54. The molecule has 0 radical (unpaired) electrons. The number of alkyl halides is 3. The second kappa shape index (κ2) is 6.88. The van der Waals surface area contributed by atoms with Crippen LogP contribution < -0.4 is 4.90 Å². The zero-order chi connectivity index (χ0) is 14.5. The molecule has 1 aromatic heterocycles. The van der Waals surface area contributed by atoms with Crippen molar-refractivity contribution >= 4 is 17.4 Å².